The molecule has 0 amide bonds. The van der Waals surface area contributed by atoms with Gasteiger partial charge in [-0.2, -0.15) is 10.4 Å². The number of carbonyl (C=O) groups is 1. The highest BCUT2D eigenvalue weighted by molar-refractivity contribution is 5.79. The van der Waals surface area contributed by atoms with E-state index in [4.69, 9.17) is 5.11 Å². The summed E-state index contributed by atoms with van der Waals surface area (Å²) in [6, 6.07) is 15.8. The average molecular weight is 439 g/mol. The van der Waals surface area contributed by atoms with Crippen LogP contribution in [0.1, 0.15) is 30.1 Å². The number of aryl methyl sites for hydroxylation is 1. The van der Waals surface area contributed by atoms with Gasteiger partial charge in [-0.05, 0) is 48.9 Å². The molecule has 2 aromatic carbocycles. The molecule has 0 saturated heterocycles. The van der Waals surface area contributed by atoms with Crippen molar-refractivity contribution in [2.75, 3.05) is 11.4 Å². The van der Waals surface area contributed by atoms with Crippen molar-refractivity contribution >= 4 is 17.3 Å². The van der Waals surface area contributed by atoms with Crippen LogP contribution in [0.4, 0.5) is 11.4 Å². The molecule has 33 heavy (non-hydrogen) atoms. The first-order valence-electron chi connectivity index (χ1n) is 10.5. The number of aromatic nitrogens is 5. The highest BCUT2D eigenvalue weighted by Crippen LogP contribution is 2.40. The number of anilines is 2. The Morgan fingerprint density at radius 1 is 1.15 bits per heavy atom. The zero-order valence-electron chi connectivity index (χ0n) is 18.2. The quantitative estimate of drug-likeness (QED) is 0.516. The van der Waals surface area contributed by atoms with Crippen molar-refractivity contribution in [1.82, 2.24) is 24.5 Å². The normalized spacial score (nSPS) is 14.8. The molecule has 2 aromatic heterocycles. The molecule has 5 rings (SSSR count). The average Bonchev–Trinajstić information content (AvgIpc) is 3.40. The largest absolute Gasteiger partial charge is 0.480 e. The number of nitriles is 1. The van der Waals surface area contributed by atoms with Crippen LogP contribution >= 0.6 is 0 Å². The second-order valence-electron chi connectivity index (χ2n) is 8.13. The van der Waals surface area contributed by atoms with E-state index >= 15 is 0 Å². The van der Waals surface area contributed by atoms with Crippen molar-refractivity contribution in [2.24, 2.45) is 0 Å². The Kier molecular flexibility index (Phi) is 4.90. The Balaban J connectivity index is 1.67. The number of rotatable bonds is 4. The topological polar surface area (TPSA) is 113 Å². The maximum Gasteiger partial charge on any atom is 0.325 e. The van der Waals surface area contributed by atoms with Gasteiger partial charge in [0.05, 0.1) is 29.2 Å². The van der Waals surface area contributed by atoms with Crippen molar-refractivity contribution in [1.29, 1.82) is 5.26 Å². The van der Waals surface area contributed by atoms with E-state index in [1.165, 1.54) is 4.68 Å². The lowest BCUT2D eigenvalue weighted by Gasteiger charge is -2.27. The van der Waals surface area contributed by atoms with E-state index in [1.807, 2.05) is 43.3 Å². The lowest BCUT2D eigenvalue weighted by atomic mass is 10.1. The van der Waals surface area contributed by atoms with E-state index in [-0.39, 0.29) is 12.5 Å². The van der Waals surface area contributed by atoms with Crippen molar-refractivity contribution in [2.45, 2.75) is 26.3 Å². The molecule has 0 unspecified atom stereocenters. The van der Waals surface area contributed by atoms with Gasteiger partial charge in [0, 0.05) is 29.9 Å². The van der Waals surface area contributed by atoms with E-state index in [0.29, 0.717) is 12.1 Å². The second kappa shape index (κ2) is 7.91. The first kappa shape index (κ1) is 20.5. The van der Waals surface area contributed by atoms with Gasteiger partial charge in [0.25, 0.3) is 0 Å². The molecule has 0 radical (unpaired) electrons. The van der Waals surface area contributed by atoms with Gasteiger partial charge in [-0.25, -0.2) is 0 Å². The highest BCUT2D eigenvalue weighted by Gasteiger charge is 2.28. The second-order valence-corrected chi connectivity index (χ2v) is 8.13. The Labute approximate surface area is 190 Å². The highest BCUT2D eigenvalue weighted by atomic mass is 16.4. The van der Waals surface area contributed by atoms with Gasteiger partial charge >= 0.3 is 5.97 Å². The Bertz CT molecular complexity index is 1400. The van der Waals surface area contributed by atoms with Crippen LogP contribution in [0, 0.1) is 18.3 Å². The summed E-state index contributed by atoms with van der Waals surface area (Å²) in [5.74, 6) is 0.868. The summed E-state index contributed by atoms with van der Waals surface area (Å²) in [5.41, 5.74) is 5.26. The number of aliphatic carboxylic acids is 1. The molecule has 0 saturated carbocycles. The SMILES string of the molecule is Cc1nnc2n1-c1ccc(-c3cnn(CC(=O)O)c3)cc1N(c1ccc(C#N)cc1)C[C@H]2C. The molecule has 164 valence electrons. The van der Waals surface area contributed by atoms with Crippen molar-refractivity contribution < 1.29 is 9.90 Å². The minimum Gasteiger partial charge on any atom is -0.480 e. The molecule has 1 aliphatic heterocycles. The number of carboxylic acids is 1. The van der Waals surface area contributed by atoms with Crippen LogP contribution in [0.15, 0.2) is 54.9 Å². The third-order valence-electron chi connectivity index (χ3n) is 5.83. The fourth-order valence-electron chi connectivity index (χ4n) is 4.26. The van der Waals surface area contributed by atoms with E-state index in [9.17, 15) is 10.1 Å². The van der Waals surface area contributed by atoms with Crippen molar-refractivity contribution in [3.05, 3.63) is 72.1 Å². The van der Waals surface area contributed by atoms with E-state index in [0.717, 1.165) is 39.8 Å². The van der Waals surface area contributed by atoms with Gasteiger partial charge in [-0.15, -0.1) is 10.2 Å². The molecule has 0 fully saturated rings. The zero-order valence-corrected chi connectivity index (χ0v) is 18.2. The monoisotopic (exact) mass is 439 g/mol. The molecule has 1 atom stereocenters. The fraction of sp³-hybridized carbons (Fsp3) is 0.208. The molecule has 9 nitrogen and oxygen atoms in total. The van der Waals surface area contributed by atoms with Gasteiger partial charge in [-0.1, -0.05) is 13.0 Å². The maximum absolute atomic E-state index is 11.0. The van der Waals surface area contributed by atoms with Gasteiger partial charge in [0.15, 0.2) is 0 Å². The summed E-state index contributed by atoms with van der Waals surface area (Å²) in [4.78, 5) is 13.3. The maximum atomic E-state index is 11.0. The van der Waals surface area contributed by atoms with Crippen LogP contribution in [-0.4, -0.2) is 42.2 Å². The summed E-state index contributed by atoms with van der Waals surface area (Å²) in [5, 5.41) is 31.2. The lowest BCUT2D eigenvalue weighted by molar-refractivity contribution is -0.137. The predicted molar refractivity (Wildman–Crippen MR) is 122 cm³/mol. The molecule has 1 aliphatic rings. The molecular formula is C24H21N7O2. The molecular weight excluding hydrogens is 418 g/mol. The number of fused-ring (bicyclic) bond motifs is 3. The van der Waals surface area contributed by atoms with E-state index in [2.05, 4.69) is 43.8 Å². The molecule has 4 aromatic rings. The number of hydrogen-bond acceptors (Lipinski definition) is 6. The molecule has 0 aliphatic carbocycles. The van der Waals surface area contributed by atoms with Crippen LogP contribution < -0.4 is 4.90 Å². The summed E-state index contributed by atoms with van der Waals surface area (Å²) in [6.07, 6.45) is 3.40. The molecule has 1 N–H and O–H groups in total. The minimum absolute atomic E-state index is 0.107. The van der Waals surface area contributed by atoms with E-state index < -0.39 is 5.97 Å². The number of carboxylic acid groups (broad SMARTS) is 1. The standard InChI is InChI=1S/C24H21N7O2/c1-15-12-30(20-6-3-17(10-25)4-7-20)22-9-18(19-11-26-29(13-19)14-23(32)33)5-8-21(22)31-16(2)27-28-24(15)31/h3-9,11,13,15H,12,14H2,1-2H3,(H,32,33)/t15-/m1/s1. The first-order chi connectivity index (χ1) is 15.9. The molecule has 0 spiro atoms. The summed E-state index contributed by atoms with van der Waals surface area (Å²) in [7, 11) is 0. The zero-order chi connectivity index (χ0) is 23.1. The summed E-state index contributed by atoms with van der Waals surface area (Å²) < 4.78 is 3.49. The van der Waals surface area contributed by atoms with Gasteiger partial charge in [0.2, 0.25) is 0 Å². The van der Waals surface area contributed by atoms with Crippen LogP contribution in [-0.2, 0) is 11.3 Å². The van der Waals surface area contributed by atoms with Crippen molar-refractivity contribution in [3.63, 3.8) is 0 Å². The smallest absolute Gasteiger partial charge is 0.325 e. The predicted octanol–water partition coefficient (Wildman–Crippen LogP) is 3.65. The van der Waals surface area contributed by atoms with E-state index in [1.54, 1.807) is 12.4 Å². The summed E-state index contributed by atoms with van der Waals surface area (Å²) >= 11 is 0. The minimum atomic E-state index is -0.942. The Morgan fingerprint density at radius 2 is 1.94 bits per heavy atom. The molecule has 9 heteroatoms. The van der Waals surface area contributed by atoms with Gasteiger partial charge in [0.1, 0.15) is 18.2 Å². The molecule has 3 heterocycles. The van der Waals surface area contributed by atoms with Crippen LogP contribution in [0.2, 0.25) is 0 Å². The first-order valence-corrected chi connectivity index (χ1v) is 10.5. The Morgan fingerprint density at radius 3 is 2.67 bits per heavy atom. The summed E-state index contributed by atoms with van der Waals surface area (Å²) in [6.45, 7) is 4.55. The van der Waals surface area contributed by atoms with Crippen LogP contribution in [0.5, 0.6) is 0 Å². The number of benzene rings is 2. The third-order valence-corrected chi connectivity index (χ3v) is 5.83. The van der Waals surface area contributed by atoms with Gasteiger partial charge < -0.3 is 10.0 Å². The molecule has 0 bridgehead atoms. The van der Waals surface area contributed by atoms with Crippen LogP contribution in [0.25, 0.3) is 16.8 Å². The number of nitrogens with zero attached hydrogens (tertiary/aromatic N) is 7. The fourth-order valence-corrected chi connectivity index (χ4v) is 4.26. The van der Waals surface area contributed by atoms with Crippen LogP contribution in [0.3, 0.4) is 0 Å². The Hall–Kier alpha value is -4.45. The van der Waals surface area contributed by atoms with Crippen molar-refractivity contribution in [3.8, 4) is 22.9 Å². The third kappa shape index (κ3) is 3.61. The number of hydrogen-bond donors (Lipinski definition) is 1. The lowest BCUT2D eigenvalue weighted by Crippen LogP contribution is -2.22. The van der Waals surface area contributed by atoms with Gasteiger partial charge in [-0.3, -0.25) is 14.0 Å².